The smallest absolute Gasteiger partial charge is 0.413 e. The second-order valence-electron chi connectivity index (χ2n) is 6.69. The second kappa shape index (κ2) is 6.71. The van der Waals surface area contributed by atoms with E-state index in [4.69, 9.17) is 0 Å². The minimum atomic E-state index is -1.07. The third-order valence-electron chi connectivity index (χ3n) is 3.86. The quantitative estimate of drug-likeness (QED) is 0.571. The predicted octanol–water partition coefficient (Wildman–Crippen LogP) is 3.74. The highest BCUT2D eigenvalue weighted by molar-refractivity contribution is 14.1. The van der Waals surface area contributed by atoms with E-state index in [0.29, 0.717) is 20.6 Å². The van der Waals surface area contributed by atoms with E-state index in [-0.39, 0.29) is 0 Å². The van der Waals surface area contributed by atoms with Gasteiger partial charge in [-0.05, 0) is 61.6 Å². The molecule has 0 spiro atoms. The number of anilines is 2. The van der Waals surface area contributed by atoms with Crippen molar-refractivity contribution in [3.8, 4) is 5.69 Å². The average Bonchev–Trinajstić information content (AvgIpc) is 2.91. The first-order valence-electron chi connectivity index (χ1n) is 7.94. The molecule has 2 N–H and O–H groups in total. The number of benzene rings is 1. The maximum Gasteiger partial charge on any atom is 0.413 e. The van der Waals surface area contributed by atoms with Crippen LogP contribution in [0.25, 0.3) is 16.7 Å². The lowest BCUT2D eigenvalue weighted by molar-refractivity contribution is 0.195. The number of carbonyl (C=O) groups is 1. The number of carboxylic acid groups (broad SMARTS) is 1. The normalized spacial score (nSPS) is 11.6. The average molecular weight is 466 g/mol. The molecule has 0 atom stereocenters. The van der Waals surface area contributed by atoms with Gasteiger partial charge in [-0.2, -0.15) is 5.10 Å². The van der Waals surface area contributed by atoms with E-state index in [1.807, 2.05) is 52.1 Å². The number of nitrogens with zero attached hydrogens (tertiary/aromatic N) is 5. The van der Waals surface area contributed by atoms with E-state index in [2.05, 4.69) is 43.0 Å². The summed E-state index contributed by atoms with van der Waals surface area (Å²) in [5, 5.41) is 18.0. The van der Waals surface area contributed by atoms with E-state index in [9.17, 15) is 9.90 Å². The van der Waals surface area contributed by atoms with Gasteiger partial charge in [-0.3, -0.25) is 4.90 Å². The van der Waals surface area contributed by atoms with Crippen molar-refractivity contribution in [3.63, 3.8) is 0 Å². The Balaban J connectivity index is 2.27. The molecule has 0 aliphatic carbocycles. The Morgan fingerprint density at radius 1 is 1.31 bits per heavy atom. The van der Waals surface area contributed by atoms with E-state index in [1.165, 1.54) is 11.2 Å². The highest BCUT2D eigenvalue weighted by Gasteiger charge is 2.32. The lowest BCUT2D eigenvalue weighted by Crippen LogP contribution is -2.45. The van der Waals surface area contributed by atoms with Crippen LogP contribution >= 0.6 is 22.6 Å². The topological polar surface area (TPSA) is 96.2 Å². The molecular weight excluding hydrogens is 447 g/mol. The van der Waals surface area contributed by atoms with Crippen LogP contribution in [0.15, 0.2) is 30.6 Å². The largest absolute Gasteiger partial charge is 0.465 e. The summed E-state index contributed by atoms with van der Waals surface area (Å²) in [6.07, 6.45) is 0.299. The molecule has 0 aliphatic rings. The van der Waals surface area contributed by atoms with E-state index in [0.717, 1.165) is 11.4 Å². The van der Waals surface area contributed by atoms with Crippen molar-refractivity contribution >= 4 is 51.2 Å². The van der Waals surface area contributed by atoms with Crippen LogP contribution in [0.2, 0.25) is 0 Å². The Hall–Kier alpha value is -2.43. The first-order chi connectivity index (χ1) is 12.2. The number of hydrogen-bond acceptors (Lipinski definition) is 5. The third kappa shape index (κ3) is 3.18. The molecule has 3 aromatic rings. The van der Waals surface area contributed by atoms with Crippen molar-refractivity contribution in [1.29, 1.82) is 0 Å². The molecule has 0 bridgehead atoms. The van der Waals surface area contributed by atoms with Crippen LogP contribution in [0.3, 0.4) is 0 Å². The molecule has 136 valence electrons. The number of halogens is 1. The fourth-order valence-corrected chi connectivity index (χ4v) is 3.43. The van der Waals surface area contributed by atoms with Gasteiger partial charge in [0.25, 0.3) is 0 Å². The zero-order valence-corrected chi connectivity index (χ0v) is 17.0. The molecule has 9 heteroatoms. The zero-order chi connectivity index (χ0) is 19.1. The molecule has 0 unspecified atom stereocenters. The lowest BCUT2D eigenvalue weighted by atomic mass is 10.1. The summed E-state index contributed by atoms with van der Waals surface area (Å²) in [5.74, 6) is 0.329. The Morgan fingerprint density at radius 2 is 2.04 bits per heavy atom. The lowest BCUT2D eigenvalue weighted by Gasteiger charge is -2.32. The van der Waals surface area contributed by atoms with E-state index in [1.54, 1.807) is 4.68 Å². The summed E-state index contributed by atoms with van der Waals surface area (Å²) in [5.41, 5.74) is 1.66. The summed E-state index contributed by atoms with van der Waals surface area (Å²) in [6.45, 7) is 5.47. The summed E-state index contributed by atoms with van der Waals surface area (Å²) in [7, 11) is 1.85. The Morgan fingerprint density at radius 3 is 2.65 bits per heavy atom. The SMILES string of the molecule is CNc1cccc(-n2nc(I)c3c(N(C(=O)O)C(C)(C)C)ncnc32)c1. The summed E-state index contributed by atoms with van der Waals surface area (Å²) >= 11 is 2.09. The fourth-order valence-electron chi connectivity index (χ4n) is 2.74. The molecule has 2 aromatic heterocycles. The van der Waals surface area contributed by atoms with Gasteiger partial charge in [0, 0.05) is 18.3 Å². The molecule has 26 heavy (non-hydrogen) atoms. The van der Waals surface area contributed by atoms with E-state index >= 15 is 0 Å². The maximum absolute atomic E-state index is 11.9. The molecule has 0 radical (unpaired) electrons. The van der Waals surface area contributed by atoms with Gasteiger partial charge in [0.2, 0.25) is 0 Å². The summed E-state index contributed by atoms with van der Waals surface area (Å²) in [4.78, 5) is 21.8. The fraction of sp³-hybridized carbons (Fsp3) is 0.294. The summed E-state index contributed by atoms with van der Waals surface area (Å²) in [6, 6.07) is 7.74. The van der Waals surface area contributed by atoms with Gasteiger partial charge in [0.1, 0.15) is 10.0 Å². The van der Waals surface area contributed by atoms with Crippen molar-refractivity contribution in [3.05, 3.63) is 34.3 Å². The molecule has 0 fully saturated rings. The number of nitrogens with one attached hydrogen (secondary N) is 1. The van der Waals surface area contributed by atoms with Crippen LogP contribution in [0.4, 0.5) is 16.3 Å². The highest BCUT2D eigenvalue weighted by atomic mass is 127. The molecule has 1 amide bonds. The van der Waals surface area contributed by atoms with Gasteiger partial charge in [0.05, 0.1) is 11.1 Å². The van der Waals surface area contributed by atoms with Gasteiger partial charge >= 0.3 is 6.09 Å². The molecular formula is C17H19IN6O2. The van der Waals surface area contributed by atoms with Crippen molar-refractivity contribution in [1.82, 2.24) is 19.7 Å². The van der Waals surface area contributed by atoms with Gasteiger partial charge in [-0.1, -0.05) is 6.07 Å². The Labute approximate surface area is 164 Å². The number of fused-ring (bicyclic) bond motifs is 1. The number of aromatic nitrogens is 4. The monoisotopic (exact) mass is 466 g/mol. The van der Waals surface area contributed by atoms with Crippen molar-refractivity contribution in [2.75, 3.05) is 17.3 Å². The van der Waals surface area contributed by atoms with Crippen LogP contribution in [0.5, 0.6) is 0 Å². The molecule has 8 nitrogen and oxygen atoms in total. The van der Waals surface area contributed by atoms with Gasteiger partial charge in [-0.25, -0.2) is 19.4 Å². The maximum atomic E-state index is 11.9. The van der Waals surface area contributed by atoms with Gasteiger partial charge in [0.15, 0.2) is 11.5 Å². The van der Waals surface area contributed by atoms with Gasteiger partial charge < -0.3 is 10.4 Å². The summed E-state index contributed by atoms with van der Waals surface area (Å²) < 4.78 is 2.34. The van der Waals surface area contributed by atoms with Crippen LogP contribution in [-0.2, 0) is 0 Å². The Bertz CT molecular complexity index is 979. The van der Waals surface area contributed by atoms with Crippen LogP contribution < -0.4 is 10.2 Å². The number of amides is 1. The molecule has 0 saturated heterocycles. The minimum absolute atomic E-state index is 0.329. The molecule has 3 rings (SSSR count). The first-order valence-corrected chi connectivity index (χ1v) is 9.02. The van der Waals surface area contributed by atoms with Crippen molar-refractivity contribution < 1.29 is 9.90 Å². The third-order valence-corrected chi connectivity index (χ3v) is 4.61. The van der Waals surface area contributed by atoms with Crippen molar-refractivity contribution in [2.24, 2.45) is 0 Å². The molecule has 1 aromatic carbocycles. The predicted molar refractivity (Wildman–Crippen MR) is 109 cm³/mol. The first kappa shape index (κ1) is 18.4. The standard InChI is InChI=1S/C17H19IN6O2/c1-17(2,3)23(16(25)26)14-12-13(18)22-24(15(12)21-9-20-14)11-7-5-6-10(8-11)19-4/h5-9,19H,1-4H3,(H,25,26). The Kier molecular flexibility index (Phi) is 4.74. The van der Waals surface area contributed by atoms with Crippen LogP contribution in [0.1, 0.15) is 20.8 Å². The van der Waals surface area contributed by atoms with Crippen LogP contribution in [-0.4, -0.2) is 43.5 Å². The van der Waals surface area contributed by atoms with Crippen molar-refractivity contribution in [2.45, 2.75) is 26.3 Å². The highest BCUT2D eigenvalue weighted by Crippen LogP contribution is 2.33. The molecule has 0 aliphatic heterocycles. The van der Waals surface area contributed by atoms with Gasteiger partial charge in [-0.15, -0.1) is 0 Å². The zero-order valence-electron chi connectivity index (χ0n) is 14.9. The molecule has 2 heterocycles. The van der Waals surface area contributed by atoms with E-state index < -0.39 is 11.6 Å². The minimum Gasteiger partial charge on any atom is -0.465 e. The number of hydrogen-bond donors (Lipinski definition) is 2. The number of rotatable bonds is 3. The van der Waals surface area contributed by atoms with Crippen LogP contribution in [0, 0.1) is 3.70 Å². The second-order valence-corrected chi connectivity index (χ2v) is 7.71. The molecule has 0 saturated carbocycles.